The van der Waals surface area contributed by atoms with Crippen molar-refractivity contribution in [2.75, 3.05) is 16.8 Å². The summed E-state index contributed by atoms with van der Waals surface area (Å²) in [5.74, 6) is -0.307. The lowest BCUT2D eigenvalue weighted by Gasteiger charge is -2.16. The number of aryl methyl sites for hydroxylation is 2. The first-order valence-electron chi connectivity index (χ1n) is 10.0. The number of aromatic nitrogens is 2. The van der Waals surface area contributed by atoms with Crippen molar-refractivity contribution < 1.29 is 14.0 Å². The molecule has 5 rings (SSSR count). The Morgan fingerprint density at radius 1 is 0.968 bits per heavy atom. The van der Waals surface area contributed by atoms with Crippen molar-refractivity contribution in [2.24, 2.45) is 0 Å². The summed E-state index contributed by atoms with van der Waals surface area (Å²) in [4.78, 5) is 36.2. The van der Waals surface area contributed by atoms with Crippen LogP contribution in [-0.2, 0) is 6.42 Å². The van der Waals surface area contributed by atoms with Crippen molar-refractivity contribution in [3.05, 3.63) is 83.1 Å². The van der Waals surface area contributed by atoms with Gasteiger partial charge in [0, 0.05) is 23.5 Å². The van der Waals surface area contributed by atoms with Crippen molar-refractivity contribution in [3.63, 3.8) is 0 Å². The van der Waals surface area contributed by atoms with Gasteiger partial charge in [0.15, 0.2) is 0 Å². The van der Waals surface area contributed by atoms with E-state index in [0.717, 1.165) is 34.6 Å². The molecule has 3 heterocycles. The Labute approximate surface area is 178 Å². The van der Waals surface area contributed by atoms with Crippen LogP contribution in [0.3, 0.4) is 0 Å². The van der Waals surface area contributed by atoms with Gasteiger partial charge >= 0.3 is 0 Å². The topological polar surface area (TPSA) is 88.3 Å². The Kier molecular flexibility index (Phi) is 4.51. The molecule has 4 aromatic rings. The van der Waals surface area contributed by atoms with Gasteiger partial charge in [-0.15, -0.1) is 0 Å². The zero-order valence-electron chi connectivity index (χ0n) is 17.2. The lowest BCUT2D eigenvalue weighted by Crippen LogP contribution is -2.28. The van der Waals surface area contributed by atoms with Crippen LogP contribution in [0.2, 0.25) is 0 Å². The SMILES string of the molecule is Cc1nc2ccc(C(=O)Nc3ccc4c(c3)CCN4C(=O)c3ccoc3)cc2nc1C. The molecule has 2 aromatic carbocycles. The highest BCUT2D eigenvalue weighted by Gasteiger charge is 2.26. The Bertz CT molecular complexity index is 1330. The first-order valence-corrected chi connectivity index (χ1v) is 10.0. The molecule has 0 aliphatic carbocycles. The number of carbonyl (C=O) groups excluding carboxylic acids is 2. The van der Waals surface area contributed by atoms with Crippen LogP contribution in [0.15, 0.2) is 59.4 Å². The number of hydrogen-bond acceptors (Lipinski definition) is 5. The van der Waals surface area contributed by atoms with Crippen LogP contribution < -0.4 is 10.2 Å². The molecule has 0 saturated carbocycles. The standard InChI is InChI=1S/C24H20N4O3/c1-14-15(2)26-21-12-17(3-5-20(21)25-14)23(29)27-19-4-6-22-16(11-19)7-9-28(22)24(30)18-8-10-31-13-18/h3-6,8,10-13H,7,9H2,1-2H3,(H,27,29). The van der Waals surface area contributed by atoms with Gasteiger partial charge in [0.05, 0.1) is 34.2 Å². The predicted octanol–water partition coefficient (Wildman–Crippen LogP) is 4.29. The van der Waals surface area contributed by atoms with Crippen LogP contribution in [0.1, 0.15) is 37.7 Å². The monoisotopic (exact) mass is 412 g/mol. The lowest BCUT2D eigenvalue weighted by molar-refractivity contribution is 0.0987. The smallest absolute Gasteiger partial charge is 0.261 e. The normalized spacial score (nSPS) is 12.8. The van der Waals surface area contributed by atoms with Crippen molar-refractivity contribution >= 4 is 34.2 Å². The summed E-state index contributed by atoms with van der Waals surface area (Å²) in [6, 6.07) is 12.6. The fourth-order valence-corrected chi connectivity index (χ4v) is 3.81. The van der Waals surface area contributed by atoms with E-state index in [1.807, 2.05) is 38.1 Å². The fraction of sp³-hybridized carbons (Fsp3) is 0.167. The van der Waals surface area contributed by atoms with E-state index >= 15 is 0 Å². The van der Waals surface area contributed by atoms with Gasteiger partial charge in [0.25, 0.3) is 11.8 Å². The number of anilines is 2. The highest BCUT2D eigenvalue weighted by Crippen LogP contribution is 2.32. The Morgan fingerprint density at radius 3 is 2.55 bits per heavy atom. The van der Waals surface area contributed by atoms with Crippen LogP contribution in [0.5, 0.6) is 0 Å². The van der Waals surface area contributed by atoms with Crippen molar-refractivity contribution in [1.29, 1.82) is 0 Å². The highest BCUT2D eigenvalue weighted by atomic mass is 16.3. The molecule has 0 unspecified atom stereocenters. The van der Waals surface area contributed by atoms with Gasteiger partial charge in [-0.3, -0.25) is 9.59 Å². The van der Waals surface area contributed by atoms with Gasteiger partial charge in [-0.2, -0.15) is 0 Å². The Balaban J connectivity index is 1.36. The second-order valence-corrected chi connectivity index (χ2v) is 7.61. The first-order chi connectivity index (χ1) is 15.0. The second kappa shape index (κ2) is 7.36. The largest absolute Gasteiger partial charge is 0.472 e. The molecule has 7 nitrogen and oxygen atoms in total. The fourth-order valence-electron chi connectivity index (χ4n) is 3.81. The zero-order valence-corrected chi connectivity index (χ0v) is 17.2. The number of hydrogen-bond donors (Lipinski definition) is 1. The summed E-state index contributed by atoms with van der Waals surface area (Å²) >= 11 is 0. The number of carbonyl (C=O) groups is 2. The molecule has 1 aliphatic rings. The number of benzene rings is 2. The summed E-state index contributed by atoms with van der Waals surface area (Å²) < 4.78 is 5.02. The van der Waals surface area contributed by atoms with Gasteiger partial charge in [-0.05, 0) is 68.3 Å². The summed E-state index contributed by atoms with van der Waals surface area (Å²) in [6.07, 6.45) is 3.67. The van der Waals surface area contributed by atoms with E-state index in [2.05, 4.69) is 15.3 Å². The predicted molar refractivity (Wildman–Crippen MR) is 117 cm³/mol. The van der Waals surface area contributed by atoms with Gasteiger partial charge in [-0.1, -0.05) is 0 Å². The van der Waals surface area contributed by atoms with Crippen LogP contribution >= 0.6 is 0 Å². The quantitative estimate of drug-likeness (QED) is 0.542. The Morgan fingerprint density at radius 2 is 1.77 bits per heavy atom. The molecule has 0 fully saturated rings. The third-order valence-electron chi connectivity index (χ3n) is 5.58. The molecular formula is C24H20N4O3. The van der Waals surface area contributed by atoms with E-state index in [4.69, 9.17) is 4.42 Å². The number of amides is 2. The Hall–Kier alpha value is -4.00. The van der Waals surface area contributed by atoms with E-state index in [-0.39, 0.29) is 11.8 Å². The van der Waals surface area contributed by atoms with Crippen LogP contribution in [0.25, 0.3) is 11.0 Å². The number of furan rings is 1. The minimum atomic E-state index is -0.216. The van der Waals surface area contributed by atoms with Crippen molar-refractivity contribution in [1.82, 2.24) is 9.97 Å². The van der Waals surface area contributed by atoms with E-state index in [1.54, 1.807) is 23.1 Å². The summed E-state index contributed by atoms with van der Waals surface area (Å²) in [5.41, 5.74) is 6.78. The van der Waals surface area contributed by atoms with Crippen LogP contribution in [-0.4, -0.2) is 28.3 Å². The summed E-state index contributed by atoms with van der Waals surface area (Å²) in [6.45, 7) is 4.42. The van der Waals surface area contributed by atoms with Crippen molar-refractivity contribution in [3.8, 4) is 0 Å². The molecule has 0 radical (unpaired) electrons. The van der Waals surface area contributed by atoms with Crippen LogP contribution in [0.4, 0.5) is 11.4 Å². The third kappa shape index (κ3) is 3.44. The third-order valence-corrected chi connectivity index (χ3v) is 5.58. The molecule has 0 spiro atoms. The van der Waals surface area contributed by atoms with E-state index in [1.165, 1.54) is 12.5 Å². The lowest BCUT2D eigenvalue weighted by atomic mass is 10.1. The molecule has 31 heavy (non-hydrogen) atoms. The number of fused-ring (bicyclic) bond motifs is 2. The molecule has 0 bridgehead atoms. The average Bonchev–Trinajstić information content (AvgIpc) is 3.44. The molecular weight excluding hydrogens is 392 g/mol. The van der Waals surface area contributed by atoms with Gasteiger partial charge in [-0.25, -0.2) is 9.97 Å². The van der Waals surface area contributed by atoms with E-state index < -0.39 is 0 Å². The molecule has 154 valence electrons. The minimum Gasteiger partial charge on any atom is -0.472 e. The molecule has 1 aliphatic heterocycles. The second-order valence-electron chi connectivity index (χ2n) is 7.61. The number of nitrogens with zero attached hydrogens (tertiary/aromatic N) is 3. The highest BCUT2D eigenvalue weighted by molar-refractivity contribution is 6.08. The zero-order chi connectivity index (χ0) is 21.5. The van der Waals surface area contributed by atoms with Gasteiger partial charge in [0.1, 0.15) is 6.26 Å². The van der Waals surface area contributed by atoms with E-state index in [9.17, 15) is 9.59 Å². The minimum absolute atomic E-state index is 0.0907. The number of nitrogens with one attached hydrogen (secondary N) is 1. The van der Waals surface area contributed by atoms with Gasteiger partial charge < -0.3 is 14.6 Å². The van der Waals surface area contributed by atoms with Gasteiger partial charge in [0.2, 0.25) is 0 Å². The summed E-state index contributed by atoms with van der Waals surface area (Å²) in [7, 11) is 0. The van der Waals surface area contributed by atoms with Crippen molar-refractivity contribution in [2.45, 2.75) is 20.3 Å². The maximum Gasteiger partial charge on any atom is 0.261 e. The molecule has 1 N–H and O–H groups in total. The van der Waals surface area contributed by atoms with E-state index in [0.29, 0.717) is 28.9 Å². The maximum atomic E-state index is 12.8. The maximum absolute atomic E-state index is 12.8. The molecule has 0 atom stereocenters. The number of rotatable bonds is 3. The molecule has 2 aromatic heterocycles. The molecule has 7 heteroatoms. The first kappa shape index (κ1) is 19.0. The molecule has 2 amide bonds. The van der Waals surface area contributed by atoms with Crippen LogP contribution in [0, 0.1) is 13.8 Å². The average molecular weight is 412 g/mol. The summed E-state index contributed by atoms with van der Waals surface area (Å²) in [5, 5.41) is 2.94. The molecule has 0 saturated heterocycles.